The summed E-state index contributed by atoms with van der Waals surface area (Å²) in [6.45, 7) is 3.14. The maximum atomic E-state index is 12.7. The van der Waals surface area contributed by atoms with Gasteiger partial charge in [0.1, 0.15) is 5.75 Å². The Kier molecular flexibility index (Phi) is 5.72. The van der Waals surface area contributed by atoms with Crippen LogP contribution in [0.4, 0.5) is 5.69 Å². The van der Waals surface area contributed by atoms with Crippen LogP contribution in [0.1, 0.15) is 0 Å². The Balaban J connectivity index is 1.32. The summed E-state index contributed by atoms with van der Waals surface area (Å²) < 4.78 is 5.47. The number of carbonyl (C=O) groups excluding carboxylic acids is 1. The van der Waals surface area contributed by atoms with Gasteiger partial charge in [0, 0.05) is 31.1 Å². The Morgan fingerprint density at radius 2 is 1.64 bits per heavy atom. The SMILES string of the molecule is COc1ccccc1N1CCN(C(=O)CSc2ccc3ccccc3c2)CC1. The summed E-state index contributed by atoms with van der Waals surface area (Å²) in [4.78, 5) is 18.1. The van der Waals surface area contributed by atoms with Gasteiger partial charge in [0.25, 0.3) is 0 Å². The monoisotopic (exact) mass is 392 g/mol. The van der Waals surface area contributed by atoms with Gasteiger partial charge >= 0.3 is 0 Å². The highest BCUT2D eigenvalue weighted by Gasteiger charge is 2.22. The molecule has 5 heteroatoms. The van der Waals surface area contributed by atoms with Gasteiger partial charge in [0.15, 0.2) is 0 Å². The van der Waals surface area contributed by atoms with E-state index in [0.717, 1.165) is 42.5 Å². The van der Waals surface area contributed by atoms with Crippen LogP contribution in [0.25, 0.3) is 10.8 Å². The van der Waals surface area contributed by atoms with Gasteiger partial charge in [-0.1, -0.05) is 42.5 Å². The molecule has 0 radical (unpaired) electrons. The first-order valence-corrected chi connectivity index (χ1v) is 10.5. The zero-order valence-electron chi connectivity index (χ0n) is 16.0. The van der Waals surface area contributed by atoms with Gasteiger partial charge < -0.3 is 14.5 Å². The summed E-state index contributed by atoms with van der Waals surface area (Å²) in [5.41, 5.74) is 1.10. The number of hydrogen-bond donors (Lipinski definition) is 0. The third kappa shape index (κ3) is 4.09. The van der Waals surface area contributed by atoms with Crippen molar-refractivity contribution in [2.45, 2.75) is 4.90 Å². The van der Waals surface area contributed by atoms with Crippen molar-refractivity contribution in [2.75, 3.05) is 43.9 Å². The van der Waals surface area contributed by atoms with E-state index < -0.39 is 0 Å². The van der Waals surface area contributed by atoms with E-state index in [9.17, 15) is 4.79 Å². The van der Waals surface area contributed by atoms with Crippen molar-refractivity contribution in [2.24, 2.45) is 0 Å². The highest BCUT2D eigenvalue weighted by atomic mass is 32.2. The number of nitrogens with zero attached hydrogens (tertiary/aromatic N) is 2. The first-order chi connectivity index (χ1) is 13.7. The molecule has 4 rings (SSSR count). The molecule has 0 aromatic heterocycles. The summed E-state index contributed by atoms with van der Waals surface area (Å²) >= 11 is 1.62. The first kappa shape index (κ1) is 18.7. The molecule has 0 spiro atoms. The van der Waals surface area contributed by atoms with Crippen LogP contribution in [-0.2, 0) is 4.79 Å². The molecular weight excluding hydrogens is 368 g/mol. The second kappa shape index (κ2) is 8.57. The van der Waals surface area contributed by atoms with E-state index in [1.807, 2.05) is 35.2 Å². The molecule has 0 bridgehead atoms. The molecule has 1 saturated heterocycles. The number of hydrogen-bond acceptors (Lipinski definition) is 4. The number of anilines is 1. The molecule has 144 valence electrons. The third-order valence-corrected chi connectivity index (χ3v) is 6.12. The fourth-order valence-corrected chi connectivity index (χ4v) is 4.43. The number of benzene rings is 3. The van der Waals surface area contributed by atoms with Crippen molar-refractivity contribution >= 4 is 34.1 Å². The van der Waals surface area contributed by atoms with Crippen molar-refractivity contribution in [1.82, 2.24) is 4.90 Å². The van der Waals surface area contributed by atoms with E-state index in [1.165, 1.54) is 10.8 Å². The summed E-state index contributed by atoms with van der Waals surface area (Å²) in [5, 5.41) is 2.44. The second-order valence-electron chi connectivity index (χ2n) is 6.84. The topological polar surface area (TPSA) is 32.8 Å². The quantitative estimate of drug-likeness (QED) is 0.607. The summed E-state index contributed by atoms with van der Waals surface area (Å²) in [6, 6.07) is 22.7. The van der Waals surface area contributed by atoms with Crippen LogP contribution in [0.2, 0.25) is 0 Å². The van der Waals surface area contributed by atoms with Crippen LogP contribution in [0.3, 0.4) is 0 Å². The number of thioether (sulfide) groups is 1. The Bertz CT molecular complexity index is 967. The highest BCUT2D eigenvalue weighted by Crippen LogP contribution is 2.29. The molecular formula is C23H24N2O2S. The van der Waals surface area contributed by atoms with Crippen LogP contribution < -0.4 is 9.64 Å². The number of rotatable bonds is 5. The second-order valence-corrected chi connectivity index (χ2v) is 7.89. The molecule has 0 saturated carbocycles. The molecule has 1 heterocycles. The minimum absolute atomic E-state index is 0.206. The first-order valence-electron chi connectivity index (χ1n) is 9.52. The molecule has 0 aliphatic carbocycles. The van der Waals surface area contributed by atoms with Gasteiger partial charge in [-0.15, -0.1) is 11.8 Å². The average Bonchev–Trinajstić information content (AvgIpc) is 2.77. The number of ether oxygens (including phenoxy) is 1. The van der Waals surface area contributed by atoms with Crippen molar-refractivity contribution < 1.29 is 9.53 Å². The van der Waals surface area contributed by atoms with E-state index in [0.29, 0.717) is 5.75 Å². The molecule has 1 fully saturated rings. The molecule has 28 heavy (non-hydrogen) atoms. The van der Waals surface area contributed by atoms with Gasteiger partial charge in [0.2, 0.25) is 5.91 Å². The fraction of sp³-hybridized carbons (Fsp3) is 0.261. The largest absolute Gasteiger partial charge is 0.495 e. The van der Waals surface area contributed by atoms with Crippen molar-refractivity contribution in [3.63, 3.8) is 0 Å². The van der Waals surface area contributed by atoms with E-state index in [2.05, 4.69) is 41.3 Å². The number of piperazine rings is 1. The van der Waals surface area contributed by atoms with Crippen molar-refractivity contribution in [1.29, 1.82) is 0 Å². The molecule has 0 N–H and O–H groups in total. The normalized spacial score (nSPS) is 14.3. The summed E-state index contributed by atoms with van der Waals surface area (Å²) in [6.07, 6.45) is 0. The lowest BCUT2D eigenvalue weighted by Gasteiger charge is -2.36. The zero-order valence-corrected chi connectivity index (χ0v) is 16.8. The van der Waals surface area contributed by atoms with Gasteiger partial charge in [-0.25, -0.2) is 0 Å². The lowest BCUT2D eigenvalue weighted by Crippen LogP contribution is -2.49. The maximum Gasteiger partial charge on any atom is 0.233 e. The number of para-hydroxylation sites is 2. The molecule has 0 unspecified atom stereocenters. The van der Waals surface area contributed by atoms with Gasteiger partial charge in [-0.2, -0.15) is 0 Å². The Morgan fingerprint density at radius 1 is 0.929 bits per heavy atom. The van der Waals surface area contributed by atoms with Gasteiger partial charge in [-0.05, 0) is 35.0 Å². The highest BCUT2D eigenvalue weighted by molar-refractivity contribution is 8.00. The Labute approximate surface area is 170 Å². The smallest absolute Gasteiger partial charge is 0.233 e. The Morgan fingerprint density at radius 3 is 2.43 bits per heavy atom. The molecule has 4 nitrogen and oxygen atoms in total. The average molecular weight is 393 g/mol. The molecule has 1 amide bonds. The predicted octanol–water partition coefficient (Wildman–Crippen LogP) is 4.29. The molecule has 3 aromatic rings. The molecule has 3 aromatic carbocycles. The fourth-order valence-electron chi connectivity index (χ4n) is 3.58. The summed E-state index contributed by atoms with van der Waals surface area (Å²) in [7, 11) is 1.70. The van der Waals surface area contributed by atoms with Crippen LogP contribution in [-0.4, -0.2) is 49.8 Å². The van der Waals surface area contributed by atoms with Crippen LogP contribution >= 0.6 is 11.8 Å². The zero-order chi connectivity index (χ0) is 19.3. The Hall–Kier alpha value is -2.66. The predicted molar refractivity (Wildman–Crippen MR) is 116 cm³/mol. The van der Waals surface area contributed by atoms with E-state index in [4.69, 9.17) is 4.74 Å². The van der Waals surface area contributed by atoms with E-state index in [1.54, 1.807) is 18.9 Å². The lowest BCUT2D eigenvalue weighted by atomic mass is 10.1. The summed E-state index contributed by atoms with van der Waals surface area (Å²) in [5.74, 6) is 1.57. The van der Waals surface area contributed by atoms with Crippen LogP contribution in [0.5, 0.6) is 5.75 Å². The molecule has 0 atom stereocenters. The maximum absolute atomic E-state index is 12.7. The standard InChI is InChI=1S/C23H24N2O2S/c1-27-22-9-5-4-8-21(22)24-12-14-25(15-13-24)23(26)17-28-20-11-10-18-6-2-3-7-19(18)16-20/h2-11,16H,12-15,17H2,1H3. The lowest BCUT2D eigenvalue weighted by molar-refractivity contribution is -0.128. The van der Waals surface area contributed by atoms with E-state index >= 15 is 0 Å². The number of amides is 1. The minimum atomic E-state index is 0.206. The third-order valence-electron chi connectivity index (χ3n) is 5.14. The van der Waals surface area contributed by atoms with Crippen molar-refractivity contribution in [3.05, 3.63) is 66.7 Å². The van der Waals surface area contributed by atoms with E-state index in [-0.39, 0.29) is 5.91 Å². The number of methoxy groups -OCH3 is 1. The molecule has 1 aliphatic rings. The minimum Gasteiger partial charge on any atom is -0.495 e. The van der Waals surface area contributed by atoms with Gasteiger partial charge in [-0.3, -0.25) is 4.79 Å². The van der Waals surface area contributed by atoms with Crippen LogP contribution in [0.15, 0.2) is 71.6 Å². The number of fused-ring (bicyclic) bond motifs is 1. The van der Waals surface area contributed by atoms with Crippen molar-refractivity contribution in [3.8, 4) is 5.75 Å². The van der Waals surface area contributed by atoms with Crippen LogP contribution in [0, 0.1) is 0 Å². The number of carbonyl (C=O) groups is 1. The van der Waals surface area contributed by atoms with Gasteiger partial charge in [0.05, 0.1) is 18.6 Å². The molecule has 1 aliphatic heterocycles.